The van der Waals surface area contributed by atoms with E-state index in [1.165, 1.54) is 11.3 Å². The van der Waals surface area contributed by atoms with Crippen molar-refractivity contribution in [2.24, 2.45) is 0 Å². The first-order valence-electron chi connectivity index (χ1n) is 5.97. The molecule has 0 aliphatic rings. The van der Waals surface area contributed by atoms with E-state index in [1.807, 2.05) is 6.92 Å². The molecule has 0 aliphatic heterocycles. The molecule has 0 radical (unpaired) electrons. The zero-order valence-electron chi connectivity index (χ0n) is 10.8. The maximum absolute atomic E-state index is 12.0. The normalized spacial score (nSPS) is 11.5. The molecule has 20 heavy (non-hydrogen) atoms. The van der Waals surface area contributed by atoms with E-state index < -0.39 is 10.0 Å². The maximum atomic E-state index is 12.0. The molecule has 1 heterocycles. The van der Waals surface area contributed by atoms with Crippen molar-refractivity contribution in [2.75, 3.05) is 6.61 Å². The summed E-state index contributed by atoms with van der Waals surface area (Å²) in [6.45, 7) is 2.59. The minimum absolute atomic E-state index is 0.187. The second-order valence-electron chi connectivity index (χ2n) is 3.95. The molecular weight excluding hydrogens is 318 g/mol. The number of ether oxygens (including phenoxy) is 1. The van der Waals surface area contributed by atoms with Gasteiger partial charge < -0.3 is 4.74 Å². The van der Waals surface area contributed by atoms with Crippen LogP contribution >= 0.6 is 22.9 Å². The first-order valence-corrected chi connectivity index (χ1v) is 8.71. The molecule has 108 valence electrons. The van der Waals surface area contributed by atoms with Crippen LogP contribution in [0.15, 0.2) is 39.9 Å². The van der Waals surface area contributed by atoms with Gasteiger partial charge in [0.1, 0.15) is 9.96 Å². The summed E-state index contributed by atoms with van der Waals surface area (Å²) in [6.07, 6.45) is 0. The number of halogens is 1. The van der Waals surface area contributed by atoms with E-state index >= 15 is 0 Å². The Morgan fingerprint density at radius 2 is 2.15 bits per heavy atom. The Hall–Kier alpha value is -1.08. The van der Waals surface area contributed by atoms with Crippen LogP contribution in [-0.4, -0.2) is 15.0 Å². The molecule has 2 rings (SSSR count). The van der Waals surface area contributed by atoms with Gasteiger partial charge in [-0.15, -0.1) is 11.3 Å². The van der Waals surface area contributed by atoms with Crippen molar-refractivity contribution in [1.29, 1.82) is 0 Å². The Kier molecular flexibility index (Phi) is 5.04. The van der Waals surface area contributed by atoms with Crippen molar-refractivity contribution in [3.63, 3.8) is 0 Å². The minimum Gasteiger partial charge on any atom is -0.492 e. The SMILES string of the molecule is CCOc1ccc(CNS(=O)(=O)c2cccs2)cc1Cl. The van der Waals surface area contributed by atoms with Crippen molar-refractivity contribution < 1.29 is 13.2 Å². The summed E-state index contributed by atoms with van der Waals surface area (Å²) in [5.41, 5.74) is 0.776. The number of hydrogen-bond acceptors (Lipinski definition) is 4. The van der Waals surface area contributed by atoms with Gasteiger partial charge in [-0.1, -0.05) is 23.7 Å². The van der Waals surface area contributed by atoms with Crippen LogP contribution in [0.1, 0.15) is 12.5 Å². The van der Waals surface area contributed by atoms with Crippen LogP contribution in [0.5, 0.6) is 5.75 Å². The summed E-state index contributed by atoms with van der Waals surface area (Å²) in [6, 6.07) is 8.49. The minimum atomic E-state index is -3.45. The number of nitrogens with one attached hydrogen (secondary N) is 1. The maximum Gasteiger partial charge on any atom is 0.250 e. The molecule has 2 aromatic rings. The molecule has 1 aromatic heterocycles. The third-order valence-electron chi connectivity index (χ3n) is 2.52. The van der Waals surface area contributed by atoms with Crippen LogP contribution in [0.4, 0.5) is 0 Å². The average Bonchev–Trinajstić information content (AvgIpc) is 2.94. The van der Waals surface area contributed by atoms with E-state index in [0.717, 1.165) is 5.56 Å². The molecule has 7 heteroatoms. The van der Waals surface area contributed by atoms with Crippen molar-refractivity contribution in [1.82, 2.24) is 4.72 Å². The summed E-state index contributed by atoms with van der Waals surface area (Å²) in [4.78, 5) is 0. The van der Waals surface area contributed by atoms with Gasteiger partial charge in [0.25, 0.3) is 0 Å². The predicted octanol–water partition coefficient (Wildman–Crippen LogP) is 3.28. The number of benzene rings is 1. The van der Waals surface area contributed by atoms with Gasteiger partial charge >= 0.3 is 0 Å². The van der Waals surface area contributed by atoms with Gasteiger partial charge in [0.2, 0.25) is 10.0 Å². The molecule has 0 amide bonds. The second-order valence-corrected chi connectivity index (χ2v) is 7.30. The molecule has 0 saturated carbocycles. The molecular formula is C13H14ClNO3S2. The summed E-state index contributed by atoms with van der Waals surface area (Å²) in [5, 5.41) is 2.20. The van der Waals surface area contributed by atoms with Crippen LogP contribution in [0.25, 0.3) is 0 Å². The van der Waals surface area contributed by atoms with E-state index in [0.29, 0.717) is 21.6 Å². The first-order chi connectivity index (χ1) is 9.53. The lowest BCUT2D eigenvalue weighted by Gasteiger charge is -2.08. The summed E-state index contributed by atoms with van der Waals surface area (Å²) >= 11 is 7.24. The molecule has 0 saturated heterocycles. The van der Waals surface area contributed by atoms with E-state index in [9.17, 15) is 8.42 Å². The predicted molar refractivity (Wildman–Crippen MR) is 81.0 cm³/mol. The number of sulfonamides is 1. The zero-order valence-corrected chi connectivity index (χ0v) is 13.2. The second kappa shape index (κ2) is 6.58. The fraction of sp³-hybridized carbons (Fsp3) is 0.231. The molecule has 4 nitrogen and oxygen atoms in total. The van der Waals surface area contributed by atoms with E-state index in [-0.39, 0.29) is 6.54 Å². The number of rotatable bonds is 6. The zero-order chi connectivity index (χ0) is 14.6. The van der Waals surface area contributed by atoms with Crippen molar-refractivity contribution in [2.45, 2.75) is 17.7 Å². The smallest absolute Gasteiger partial charge is 0.250 e. The van der Waals surface area contributed by atoms with Crippen molar-refractivity contribution in [3.05, 3.63) is 46.3 Å². The van der Waals surface area contributed by atoms with E-state index in [1.54, 1.807) is 35.7 Å². The highest BCUT2D eigenvalue weighted by Crippen LogP contribution is 2.25. The van der Waals surface area contributed by atoms with E-state index in [4.69, 9.17) is 16.3 Å². The topological polar surface area (TPSA) is 55.4 Å². The third-order valence-corrected chi connectivity index (χ3v) is 5.62. The van der Waals surface area contributed by atoms with Crippen LogP contribution < -0.4 is 9.46 Å². The van der Waals surface area contributed by atoms with Gasteiger partial charge in [0, 0.05) is 6.54 Å². The van der Waals surface area contributed by atoms with Gasteiger partial charge in [0.15, 0.2) is 0 Å². The van der Waals surface area contributed by atoms with Crippen LogP contribution in [0.2, 0.25) is 5.02 Å². The number of hydrogen-bond donors (Lipinski definition) is 1. The van der Waals surface area contributed by atoms with Crippen molar-refractivity contribution >= 4 is 33.0 Å². The fourth-order valence-electron chi connectivity index (χ4n) is 1.59. The van der Waals surface area contributed by atoms with Crippen LogP contribution in [0, 0.1) is 0 Å². The Labute approximate surface area is 127 Å². The molecule has 1 aromatic carbocycles. The summed E-state index contributed by atoms with van der Waals surface area (Å²) in [5.74, 6) is 0.596. The highest BCUT2D eigenvalue weighted by atomic mass is 35.5. The average molecular weight is 332 g/mol. The largest absolute Gasteiger partial charge is 0.492 e. The van der Waals surface area contributed by atoms with Gasteiger partial charge in [-0.3, -0.25) is 0 Å². The lowest BCUT2D eigenvalue weighted by Crippen LogP contribution is -2.22. The lowest BCUT2D eigenvalue weighted by molar-refractivity contribution is 0.340. The highest BCUT2D eigenvalue weighted by molar-refractivity contribution is 7.91. The molecule has 0 spiro atoms. The highest BCUT2D eigenvalue weighted by Gasteiger charge is 2.14. The molecule has 1 N–H and O–H groups in total. The molecule has 0 aliphatic carbocycles. The van der Waals surface area contributed by atoms with Crippen molar-refractivity contribution in [3.8, 4) is 5.75 Å². The lowest BCUT2D eigenvalue weighted by atomic mass is 10.2. The van der Waals surface area contributed by atoms with Crippen LogP contribution in [-0.2, 0) is 16.6 Å². The molecule has 0 unspecified atom stereocenters. The van der Waals surface area contributed by atoms with Crippen LogP contribution in [0.3, 0.4) is 0 Å². The Bertz CT molecular complexity index is 669. The molecule has 0 bridgehead atoms. The fourth-order valence-corrected chi connectivity index (χ4v) is 3.91. The number of thiophene rings is 1. The monoisotopic (exact) mass is 331 g/mol. The summed E-state index contributed by atoms with van der Waals surface area (Å²) in [7, 11) is -3.45. The standard InChI is InChI=1S/C13H14ClNO3S2/c1-2-18-12-6-5-10(8-11(12)14)9-15-20(16,17)13-4-3-7-19-13/h3-8,15H,2,9H2,1H3. The molecule has 0 fully saturated rings. The van der Waals surface area contributed by atoms with E-state index in [2.05, 4.69) is 4.72 Å². The molecule has 0 atom stereocenters. The van der Waals surface area contributed by atoms with Gasteiger partial charge in [0.05, 0.1) is 11.6 Å². The summed E-state index contributed by atoms with van der Waals surface area (Å²) < 4.78 is 32.1. The van der Waals surface area contributed by atoms with Gasteiger partial charge in [-0.05, 0) is 36.1 Å². The Morgan fingerprint density at radius 3 is 2.75 bits per heavy atom. The first kappa shape index (κ1) is 15.3. The quantitative estimate of drug-likeness (QED) is 0.883. The van der Waals surface area contributed by atoms with Gasteiger partial charge in [-0.2, -0.15) is 0 Å². The third kappa shape index (κ3) is 3.73. The van der Waals surface area contributed by atoms with Gasteiger partial charge in [-0.25, -0.2) is 13.1 Å². The Balaban J connectivity index is 2.06. The Morgan fingerprint density at radius 1 is 1.35 bits per heavy atom.